The molecule has 670 valence electrons. The molecule has 3 aliphatic rings. The predicted molar refractivity (Wildman–Crippen MR) is 606 cm³/mol. The average molecular weight is 1830 g/mol. The molecule has 3 aliphatic carbocycles. The van der Waals surface area contributed by atoms with E-state index in [1.807, 2.05) is 0 Å². The van der Waals surface area contributed by atoms with E-state index in [4.69, 9.17) is 0 Å². The molecule has 0 heterocycles. The Morgan fingerprint density at radius 1 is 0.125 bits per heavy atom. The lowest BCUT2D eigenvalue weighted by molar-refractivity contribution is 0.768. The summed E-state index contributed by atoms with van der Waals surface area (Å²) in [4.78, 5) is 5.15. The normalized spacial score (nSPS) is 12.7. The highest BCUT2D eigenvalue weighted by atomic mass is 15.2. The van der Waals surface area contributed by atoms with E-state index in [0.29, 0.717) is 0 Å². The van der Waals surface area contributed by atoms with Gasteiger partial charge in [-0.2, -0.15) is 0 Å². The van der Waals surface area contributed by atoms with Crippen molar-refractivity contribution >= 4 is 88.0 Å². The van der Waals surface area contributed by atoms with Crippen LogP contribution in [0.1, 0.15) is 44.5 Å². The number of nitrogens with zero attached hydrogens (tertiary/aromatic N) is 2. The van der Waals surface area contributed by atoms with E-state index in [9.17, 15) is 0 Å². The van der Waals surface area contributed by atoms with Gasteiger partial charge in [-0.05, 0) is 265 Å². The quantitative estimate of drug-likeness (QED) is 0.0839. The smallest absolute Gasteiger partial charge is 0.0726 e. The van der Waals surface area contributed by atoms with Gasteiger partial charge in [0.2, 0.25) is 0 Å². The molecule has 2 nitrogen and oxygen atoms in total. The molecule has 2 heteroatoms. The van der Waals surface area contributed by atoms with Crippen LogP contribution in [-0.2, 0) is 10.8 Å². The molecule has 0 saturated carbocycles. The van der Waals surface area contributed by atoms with Gasteiger partial charge >= 0.3 is 0 Å². The van der Waals surface area contributed by atoms with E-state index in [1.54, 1.807) is 0 Å². The van der Waals surface area contributed by atoms with Crippen molar-refractivity contribution in [2.75, 3.05) is 9.80 Å². The molecule has 0 aromatic heterocycles. The van der Waals surface area contributed by atoms with Crippen LogP contribution in [0.25, 0.3) is 187 Å². The molecular weight excluding hydrogens is 1730 g/mol. The first-order valence-electron chi connectivity index (χ1n) is 50.1. The van der Waals surface area contributed by atoms with Crippen LogP contribution in [0, 0.1) is 0 Å². The molecule has 0 unspecified atom stereocenters. The maximum atomic E-state index is 2.61. The lowest BCUT2D eigenvalue weighted by Crippen LogP contribution is -2.28. The van der Waals surface area contributed by atoms with Crippen molar-refractivity contribution in [2.45, 2.75) is 10.8 Å². The topological polar surface area (TPSA) is 6.48 Å². The first-order valence-corrected chi connectivity index (χ1v) is 50.1. The molecule has 0 bridgehead atoms. The van der Waals surface area contributed by atoms with Crippen molar-refractivity contribution in [3.63, 3.8) is 0 Å². The molecule has 1 spiro atoms. The van der Waals surface area contributed by atoms with Crippen molar-refractivity contribution < 1.29 is 0 Å². The molecule has 0 atom stereocenters. The van der Waals surface area contributed by atoms with Crippen LogP contribution >= 0.6 is 0 Å². The molecule has 28 rings (SSSR count). The Morgan fingerprint density at radius 2 is 0.424 bits per heavy atom. The van der Waals surface area contributed by atoms with Gasteiger partial charge < -0.3 is 9.80 Å². The van der Waals surface area contributed by atoms with Gasteiger partial charge in [-0.3, -0.25) is 0 Å². The summed E-state index contributed by atoms with van der Waals surface area (Å²) in [5, 5.41) is 11.9. The summed E-state index contributed by atoms with van der Waals surface area (Å²) in [6.07, 6.45) is 0. The van der Waals surface area contributed by atoms with Gasteiger partial charge in [0, 0.05) is 44.6 Å². The lowest BCUT2D eigenvalue weighted by atomic mass is 9.68. The molecule has 0 aliphatic heterocycles. The zero-order valence-electron chi connectivity index (χ0n) is 79.0. The fourth-order valence-corrected chi connectivity index (χ4v) is 24.8. The average Bonchev–Trinajstić information content (AvgIpc) is 1.50. The zero-order chi connectivity index (χ0) is 94.9. The van der Waals surface area contributed by atoms with E-state index < -0.39 is 10.8 Å². The highest BCUT2D eigenvalue weighted by molar-refractivity contribution is 6.26. The van der Waals surface area contributed by atoms with Crippen LogP contribution in [-0.4, -0.2) is 0 Å². The second-order valence-electron chi connectivity index (χ2n) is 38.6. The maximum absolute atomic E-state index is 2.61. The number of anilines is 6. The fourth-order valence-electron chi connectivity index (χ4n) is 24.8. The Morgan fingerprint density at radius 3 is 0.910 bits per heavy atom. The third-order valence-corrected chi connectivity index (χ3v) is 31.2. The number of benzene rings is 25. The van der Waals surface area contributed by atoms with Gasteiger partial charge in [0.25, 0.3) is 0 Å². The summed E-state index contributed by atoms with van der Waals surface area (Å²) < 4.78 is 0. The van der Waals surface area contributed by atoms with Crippen LogP contribution < -0.4 is 9.80 Å². The fraction of sp³-hybridized carbons (Fsp3) is 0.0141. The maximum Gasteiger partial charge on any atom is 0.0726 e. The molecule has 144 heavy (non-hydrogen) atoms. The molecule has 25 aromatic carbocycles. The first kappa shape index (κ1) is 83.6. The van der Waals surface area contributed by atoms with Gasteiger partial charge in [-0.15, -0.1) is 0 Å². The highest BCUT2D eigenvalue weighted by Gasteiger charge is 2.52. The molecular formula is C142H92N2. The molecule has 0 saturated heterocycles. The predicted octanol–water partition coefficient (Wildman–Crippen LogP) is 38.1. The summed E-state index contributed by atoms with van der Waals surface area (Å²) in [7, 11) is 0. The number of hydrogen-bond acceptors (Lipinski definition) is 2. The number of hydrogen-bond donors (Lipinski definition) is 0. The van der Waals surface area contributed by atoms with E-state index >= 15 is 0 Å². The van der Waals surface area contributed by atoms with Crippen LogP contribution in [0.15, 0.2) is 558 Å². The Balaban J connectivity index is 0.521. The molecule has 0 N–H and O–H groups in total. The van der Waals surface area contributed by atoms with Gasteiger partial charge in [-0.1, -0.05) is 504 Å². The Hall–Kier alpha value is -18.6. The van der Waals surface area contributed by atoms with Gasteiger partial charge in [0.15, 0.2) is 0 Å². The van der Waals surface area contributed by atoms with Crippen molar-refractivity contribution in [3.8, 4) is 134 Å². The third-order valence-electron chi connectivity index (χ3n) is 31.2. The molecule has 25 aromatic rings. The van der Waals surface area contributed by atoms with E-state index in [0.717, 1.165) is 112 Å². The van der Waals surface area contributed by atoms with Crippen LogP contribution in [0.5, 0.6) is 0 Å². The number of rotatable bonds is 17. The largest absolute Gasteiger partial charge is 0.309 e. The summed E-state index contributed by atoms with van der Waals surface area (Å²) in [6, 6.07) is 209. The van der Waals surface area contributed by atoms with Crippen molar-refractivity contribution in [2.24, 2.45) is 0 Å². The van der Waals surface area contributed by atoms with Crippen LogP contribution in [0.2, 0.25) is 0 Å². The first-order chi connectivity index (χ1) is 71.4. The SMILES string of the molecule is c1ccc(-c2ccc(-c3ccc(-c4c(N(c5ccc(-c6ccc(-c7ccc(-c8ccc(-c9ccc%10c(-c%11c(N(c%12ccccc%12)c%12ccc%13c(c%12)-c%12ccccc%12C%13(c%12ccccc%12)c%12ccccc%12)c%12ccccc%12c%12ccccc%11%12)cccc%10c9)cc8)cc7)cc6)c(-c6ccccc6)c5)c5ccc6c(c5)C5(c7ccccc7-c7ccccc75)c5ccccc5-6)c5ccccc5c5ccccc45)cc3)cc2)cc1. The van der Waals surface area contributed by atoms with Crippen LogP contribution in [0.3, 0.4) is 0 Å². The van der Waals surface area contributed by atoms with Crippen molar-refractivity contribution in [1.29, 1.82) is 0 Å². The Labute approximate surface area is 838 Å². The van der Waals surface area contributed by atoms with E-state index in [2.05, 4.69) is 568 Å². The van der Waals surface area contributed by atoms with Gasteiger partial charge in [0.1, 0.15) is 0 Å². The lowest BCUT2D eigenvalue weighted by Gasteiger charge is -2.34. The second-order valence-corrected chi connectivity index (χ2v) is 38.6. The standard InChI is InChI=1S/C142H92N2/c1-6-33-93(34-7-1)94-61-63-97(64-62-94)100-75-79-104(80-76-100)137-125-52-20-16-44-115(125)117-46-18-22-54-127(117)139(137)144(112-83-87-123-121-50-26-31-60-134(121)142(136(123)92-112)132-58-29-24-48-119(132)120-49-25-30-59-133(120)142)110-82-86-113(129(90-110)102-35-8-2-9-36-102)103-77-73-99(74-78-103)96-67-65-95(66-68-96)98-69-71-101(72-70-98)105-81-85-114-106(89-105)37-32-56-124(114)138-126-53-21-17-45-116(126)118-47-19-23-55-128(118)140(138)143(109-42-14-5-15-43-109)111-84-88-135-130(91-111)122-51-27-28-57-131(122)141(135,107-38-10-3-11-39-107)108-40-12-4-13-41-108/h1-92H. The number of para-hydroxylation sites is 1. The van der Waals surface area contributed by atoms with Gasteiger partial charge in [0.05, 0.1) is 22.2 Å². The highest BCUT2D eigenvalue weighted by Crippen LogP contribution is 2.65. The summed E-state index contributed by atoms with van der Waals surface area (Å²) in [6.45, 7) is 0. The second kappa shape index (κ2) is 34.2. The van der Waals surface area contributed by atoms with Gasteiger partial charge in [-0.25, -0.2) is 0 Å². The third kappa shape index (κ3) is 13.3. The summed E-state index contributed by atoms with van der Waals surface area (Å²) >= 11 is 0. The summed E-state index contributed by atoms with van der Waals surface area (Å²) in [5.41, 5.74) is 44.1. The Bertz CT molecular complexity index is 9280. The van der Waals surface area contributed by atoms with Crippen molar-refractivity contribution in [1.82, 2.24) is 0 Å². The zero-order valence-corrected chi connectivity index (χ0v) is 79.0. The molecule has 0 fully saturated rings. The van der Waals surface area contributed by atoms with E-state index in [1.165, 1.54) is 154 Å². The molecule has 0 radical (unpaired) electrons. The summed E-state index contributed by atoms with van der Waals surface area (Å²) in [5.74, 6) is 0. The molecule has 0 amide bonds. The Kier molecular flexibility index (Phi) is 19.8. The number of fused-ring (bicyclic) bond motifs is 20. The van der Waals surface area contributed by atoms with E-state index in [-0.39, 0.29) is 0 Å². The minimum atomic E-state index is -0.579. The van der Waals surface area contributed by atoms with Crippen LogP contribution in [0.4, 0.5) is 34.1 Å². The minimum Gasteiger partial charge on any atom is -0.309 e. The minimum absolute atomic E-state index is 0.533. The van der Waals surface area contributed by atoms with Crippen molar-refractivity contribution in [3.05, 3.63) is 603 Å². The monoisotopic (exact) mass is 1820 g/mol.